The molecule has 1 aliphatic rings. The third-order valence-electron chi connectivity index (χ3n) is 2.92. The average molecular weight is 277 g/mol. The minimum Gasteiger partial charge on any atom is -0.456 e. The quantitative estimate of drug-likeness (QED) is 0.836. The van der Waals surface area contributed by atoms with Crippen LogP contribution in [0.15, 0.2) is 24.3 Å². The predicted molar refractivity (Wildman–Crippen MR) is 74.6 cm³/mol. The van der Waals surface area contributed by atoms with Crippen molar-refractivity contribution in [1.82, 2.24) is 0 Å². The van der Waals surface area contributed by atoms with Crippen molar-refractivity contribution >= 4 is 17.6 Å². The Morgan fingerprint density at radius 2 is 1.90 bits per heavy atom. The van der Waals surface area contributed by atoms with Gasteiger partial charge in [-0.05, 0) is 45.0 Å². The van der Waals surface area contributed by atoms with Crippen LogP contribution >= 0.6 is 0 Å². The molecule has 2 rings (SSSR count). The molecule has 1 fully saturated rings. The Labute approximate surface area is 118 Å². The van der Waals surface area contributed by atoms with Gasteiger partial charge in [-0.3, -0.25) is 4.79 Å². The zero-order valence-corrected chi connectivity index (χ0v) is 11.9. The van der Waals surface area contributed by atoms with Crippen molar-refractivity contribution in [3.63, 3.8) is 0 Å². The first-order valence-corrected chi connectivity index (χ1v) is 6.58. The van der Waals surface area contributed by atoms with Crippen LogP contribution in [0.25, 0.3) is 0 Å². The van der Waals surface area contributed by atoms with Gasteiger partial charge in [-0.2, -0.15) is 0 Å². The molecule has 0 saturated carbocycles. The van der Waals surface area contributed by atoms with E-state index in [4.69, 9.17) is 4.74 Å². The Morgan fingerprint density at radius 1 is 1.30 bits per heavy atom. The molecule has 1 heterocycles. The maximum atomic E-state index is 11.9. The topological polar surface area (TPSA) is 66.8 Å². The second kappa shape index (κ2) is 5.25. The number of hydrogen-bond donors (Lipinski definition) is 1. The Morgan fingerprint density at radius 3 is 2.35 bits per heavy atom. The highest BCUT2D eigenvalue weighted by Crippen LogP contribution is 2.22. The summed E-state index contributed by atoms with van der Waals surface area (Å²) >= 11 is 0. The van der Waals surface area contributed by atoms with E-state index in [1.165, 1.54) is 4.90 Å². The molecule has 1 amide bonds. The van der Waals surface area contributed by atoms with Gasteiger partial charge in [0.25, 0.3) is 0 Å². The molecule has 5 heteroatoms. The van der Waals surface area contributed by atoms with Gasteiger partial charge < -0.3 is 14.7 Å². The van der Waals surface area contributed by atoms with E-state index < -0.39 is 17.7 Å². The first kappa shape index (κ1) is 14.5. The SMILES string of the molecule is CC(C)(C)OC(=O)c1ccc(N2CC(O)CC2=O)cc1. The number of benzene rings is 1. The van der Waals surface area contributed by atoms with Gasteiger partial charge in [0.1, 0.15) is 5.60 Å². The molecular formula is C15H19NO4. The molecule has 1 aromatic carbocycles. The van der Waals surface area contributed by atoms with Crippen molar-refractivity contribution in [3.8, 4) is 0 Å². The summed E-state index contributed by atoms with van der Waals surface area (Å²) in [4.78, 5) is 25.0. The minimum atomic E-state index is -0.618. The van der Waals surface area contributed by atoms with Gasteiger partial charge in [-0.15, -0.1) is 0 Å². The maximum absolute atomic E-state index is 11.9. The molecule has 1 saturated heterocycles. The average Bonchev–Trinajstić information content (AvgIpc) is 2.66. The largest absolute Gasteiger partial charge is 0.456 e. The molecule has 0 spiro atoms. The summed E-state index contributed by atoms with van der Waals surface area (Å²) < 4.78 is 5.27. The maximum Gasteiger partial charge on any atom is 0.338 e. The number of nitrogens with zero attached hydrogens (tertiary/aromatic N) is 1. The van der Waals surface area contributed by atoms with E-state index in [0.29, 0.717) is 17.8 Å². The van der Waals surface area contributed by atoms with Gasteiger partial charge in [-0.25, -0.2) is 4.79 Å². The van der Waals surface area contributed by atoms with Crippen LogP contribution in [-0.2, 0) is 9.53 Å². The van der Waals surface area contributed by atoms with E-state index in [1.807, 2.05) is 20.8 Å². The predicted octanol–water partition coefficient (Wildman–Crippen LogP) is 1.74. The summed E-state index contributed by atoms with van der Waals surface area (Å²) in [6, 6.07) is 6.63. The van der Waals surface area contributed by atoms with Crippen molar-refractivity contribution < 1.29 is 19.4 Å². The van der Waals surface area contributed by atoms with Gasteiger partial charge in [0.05, 0.1) is 24.6 Å². The van der Waals surface area contributed by atoms with Crippen LogP contribution in [-0.4, -0.2) is 35.2 Å². The lowest BCUT2D eigenvalue weighted by molar-refractivity contribution is -0.117. The molecule has 1 N–H and O–H groups in total. The molecular weight excluding hydrogens is 258 g/mol. The number of rotatable bonds is 2. The Kier molecular flexibility index (Phi) is 3.81. The number of hydrogen-bond acceptors (Lipinski definition) is 4. The minimum absolute atomic E-state index is 0.109. The molecule has 1 atom stereocenters. The van der Waals surface area contributed by atoms with Gasteiger partial charge in [0.2, 0.25) is 5.91 Å². The van der Waals surface area contributed by atoms with Gasteiger partial charge in [0.15, 0.2) is 0 Å². The summed E-state index contributed by atoms with van der Waals surface area (Å²) in [7, 11) is 0. The van der Waals surface area contributed by atoms with Crippen LogP contribution in [0, 0.1) is 0 Å². The zero-order chi connectivity index (χ0) is 14.9. The number of anilines is 1. The van der Waals surface area contributed by atoms with Crippen LogP contribution in [0.2, 0.25) is 0 Å². The second-order valence-electron chi connectivity index (χ2n) is 5.91. The number of esters is 1. The fourth-order valence-electron chi connectivity index (χ4n) is 2.05. The fraction of sp³-hybridized carbons (Fsp3) is 0.467. The highest BCUT2D eigenvalue weighted by Gasteiger charge is 2.29. The van der Waals surface area contributed by atoms with Crippen LogP contribution in [0.1, 0.15) is 37.6 Å². The number of β-amino-alcohol motifs (C(OH)–C–C–N with tert-alkyl or cyclic N) is 1. The summed E-state index contributed by atoms with van der Waals surface area (Å²) in [5.41, 5.74) is 0.583. The van der Waals surface area contributed by atoms with E-state index in [1.54, 1.807) is 24.3 Å². The summed E-state index contributed by atoms with van der Waals surface area (Å²) in [5, 5.41) is 9.47. The molecule has 0 bridgehead atoms. The normalized spacial score (nSPS) is 19.3. The molecule has 108 valence electrons. The first-order chi connectivity index (χ1) is 9.26. The number of ether oxygens (including phenoxy) is 1. The van der Waals surface area contributed by atoms with Crippen LogP contribution in [0.3, 0.4) is 0 Å². The van der Waals surface area contributed by atoms with Gasteiger partial charge in [0, 0.05) is 5.69 Å². The molecule has 0 aromatic heterocycles. The van der Waals surface area contributed by atoms with Crippen LogP contribution < -0.4 is 4.90 Å². The monoisotopic (exact) mass is 277 g/mol. The Balaban J connectivity index is 2.11. The van der Waals surface area contributed by atoms with Crippen molar-refractivity contribution in [2.45, 2.75) is 38.9 Å². The number of aliphatic hydroxyl groups excluding tert-OH is 1. The summed E-state index contributed by atoms with van der Waals surface area (Å²) in [5.74, 6) is -0.501. The number of aliphatic hydroxyl groups is 1. The van der Waals surface area contributed by atoms with Crippen molar-refractivity contribution in [1.29, 1.82) is 0 Å². The highest BCUT2D eigenvalue weighted by atomic mass is 16.6. The third kappa shape index (κ3) is 3.36. The molecule has 0 radical (unpaired) electrons. The van der Waals surface area contributed by atoms with E-state index in [9.17, 15) is 14.7 Å². The van der Waals surface area contributed by atoms with Crippen LogP contribution in [0.4, 0.5) is 5.69 Å². The highest BCUT2D eigenvalue weighted by molar-refractivity contribution is 5.97. The molecule has 20 heavy (non-hydrogen) atoms. The third-order valence-corrected chi connectivity index (χ3v) is 2.92. The molecule has 1 unspecified atom stereocenters. The van der Waals surface area contributed by atoms with Crippen molar-refractivity contribution in [2.75, 3.05) is 11.4 Å². The Bertz CT molecular complexity index is 516. The van der Waals surface area contributed by atoms with E-state index in [-0.39, 0.29) is 12.3 Å². The molecule has 5 nitrogen and oxygen atoms in total. The lowest BCUT2D eigenvalue weighted by Gasteiger charge is -2.20. The van der Waals surface area contributed by atoms with Crippen molar-refractivity contribution in [3.05, 3.63) is 29.8 Å². The van der Waals surface area contributed by atoms with E-state index >= 15 is 0 Å². The van der Waals surface area contributed by atoms with E-state index in [0.717, 1.165) is 0 Å². The molecule has 0 aliphatic carbocycles. The Hall–Kier alpha value is -1.88. The fourth-order valence-corrected chi connectivity index (χ4v) is 2.05. The number of amides is 1. The smallest absolute Gasteiger partial charge is 0.338 e. The van der Waals surface area contributed by atoms with E-state index in [2.05, 4.69) is 0 Å². The number of carbonyl (C=O) groups is 2. The van der Waals surface area contributed by atoms with Gasteiger partial charge >= 0.3 is 5.97 Å². The van der Waals surface area contributed by atoms with Crippen LogP contribution in [0.5, 0.6) is 0 Å². The lowest BCUT2D eigenvalue weighted by atomic mass is 10.1. The second-order valence-corrected chi connectivity index (χ2v) is 5.91. The van der Waals surface area contributed by atoms with Crippen molar-refractivity contribution in [2.24, 2.45) is 0 Å². The standard InChI is InChI=1S/C15H19NO4/c1-15(2,3)20-14(19)10-4-6-11(7-5-10)16-9-12(17)8-13(16)18/h4-7,12,17H,8-9H2,1-3H3. The van der Waals surface area contributed by atoms with Gasteiger partial charge in [-0.1, -0.05) is 0 Å². The summed E-state index contributed by atoms with van der Waals surface area (Å²) in [6.45, 7) is 5.72. The summed E-state index contributed by atoms with van der Waals surface area (Å²) in [6.07, 6.45) is -0.471. The molecule has 1 aromatic rings. The number of carbonyl (C=O) groups excluding carboxylic acids is 2. The lowest BCUT2D eigenvalue weighted by Crippen LogP contribution is -2.25. The molecule has 1 aliphatic heterocycles. The first-order valence-electron chi connectivity index (χ1n) is 6.58. The zero-order valence-electron chi connectivity index (χ0n) is 11.9.